The number of hydrogen-bond donors (Lipinski definition) is 0. The highest BCUT2D eigenvalue weighted by atomic mass is 28.3. The van der Waals surface area contributed by atoms with Gasteiger partial charge in [-0.15, -0.1) is 0 Å². The first-order valence-corrected chi connectivity index (χ1v) is 21.7. The van der Waals surface area contributed by atoms with Crippen LogP contribution in [-0.4, -0.2) is 21.8 Å². The molecule has 2 aliphatic heterocycles. The molecule has 0 saturated carbocycles. The summed E-state index contributed by atoms with van der Waals surface area (Å²) < 4.78 is 0. The standard InChI is InChI=1S/C51H49BN2Si/c1-50(2,3)36-26-30-38(31-27-36)54(39-32-28-37(29-33-39)51(4,5)6)40-34-46-49-48(35-40)55(41-18-10-8-11-19-41,42-20-12-9-13-21-42)47-25-17-15-23-44(47)52(49)43-22-14-16-24-45(43)53(46)7/h8-35H,1-7H3. The fraction of sp³-hybridized carbons (Fsp3) is 0.176. The van der Waals surface area contributed by atoms with Gasteiger partial charge >= 0.3 is 0 Å². The van der Waals surface area contributed by atoms with Crippen LogP contribution in [0.3, 0.4) is 0 Å². The van der Waals surface area contributed by atoms with Crippen LogP contribution in [0.1, 0.15) is 52.7 Å². The Morgan fingerprint density at radius 3 is 1.45 bits per heavy atom. The van der Waals surface area contributed by atoms with Gasteiger partial charge < -0.3 is 9.80 Å². The van der Waals surface area contributed by atoms with Gasteiger partial charge in [-0.1, -0.05) is 174 Å². The third-order valence-electron chi connectivity index (χ3n) is 12.1. The fourth-order valence-electron chi connectivity index (χ4n) is 9.36. The smallest absolute Gasteiger partial charge is 0.246 e. The van der Waals surface area contributed by atoms with Crippen LogP contribution in [0.5, 0.6) is 0 Å². The summed E-state index contributed by atoms with van der Waals surface area (Å²) in [5.74, 6) is 0. The van der Waals surface area contributed by atoms with Gasteiger partial charge in [0.2, 0.25) is 6.71 Å². The molecule has 7 aromatic carbocycles. The summed E-state index contributed by atoms with van der Waals surface area (Å²) in [5, 5.41) is 5.75. The Kier molecular flexibility index (Phi) is 8.32. The zero-order valence-corrected chi connectivity index (χ0v) is 34.1. The minimum atomic E-state index is -2.88. The van der Waals surface area contributed by atoms with E-state index in [-0.39, 0.29) is 17.5 Å². The van der Waals surface area contributed by atoms with Crippen molar-refractivity contribution in [1.82, 2.24) is 0 Å². The van der Waals surface area contributed by atoms with Crippen LogP contribution in [0.15, 0.2) is 170 Å². The molecule has 0 N–H and O–H groups in total. The van der Waals surface area contributed by atoms with Crippen molar-refractivity contribution in [2.24, 2.45) is 0 Å². The molecule has 2 aliphatic rings. The third kappa shape index (κ3) is 5.61. The predicted molar refractivity (Wildman–Crippen MR) is 241 cm³/mol. The fourth-order valence-corrected chi connectivity index (χ4v) is 14.7. The molecule has 0 atom stereocenters. The van der Waals surface area contributed by atoms with Gasteiger partial charge in [-0.05, 0) is 96.1 Å². The normalized spacial score (nSPS) is 14.2. The molecule has 0 unspecified atom stereocenters. The molecule has 0 aliphatic carbocycles. The summed E-state index contributed by atoms with van der Waals surface area (Å²) in [6, 6.07) is 64.9. The van der Waals surface area contributed by atoms with Crippen molar-refractivity contribution >= 4 is 80.4 Å². The molecule has 2 nitrogen and oxygen atoms in total. The van der Waals surface area contributed by atoms with E-state index in [1.54, 1.807) is 0 Å². The zero-order valence-electron chi connectivity index (χ0n) is 33.1. The molecule has 0 fully saturated rings. The Balaban J connectivity index is 1.41. The molecular formula is C51H49BN2Si. The third-order valence-corrected chi connectivity index (χ3v) is 17.0. The average molecular weight is 729 g/mol. The van der Waals surface area contributed by atoms with E-state index in [1.807, 2.05) is 0 Å². The number of hydrogen-bond acceptors (Lipinski definition) is 2. The van der Waals surface area contributed by atoms with Gasteiger partial charge in [0, 0.05) is 35.5 Å². The van der Waals surface area contributed by atoms with Gasteiger partial charge in [-0.25, -0.2) is 0 Å². The van der Waals surface area contributed by atoms with Crippen molar-refractivity contribution in [3.05, 3.63) is 181 Å². The Morgan fingerprint density at radius 2 is 0.927 bits per heavy atom. The summed E-state index contributed by atoms with van der Waals surface area (Å²) >= 11 is 0. The van der Waals surface area contributed by atoms with Gasteiger partial charge in [0.1, 0.15) is 0 Å². The maximum Gasteiger partial charge on any atom is 0.246 e. The minimum Gasteiger partial charge on any atom is -0.345 e. The first kappa shape index (κ1) is 35.1. The van der Waals surface area contributed by atoms with E-state index in [2.05, 4.69) is 228 Å². The Hall–Kier alpha value is -5.58. The van der Waals surface area contributed by atoms with Crippen LogP contribution < -0.4 is 46.9 Å². The summed E-state index contributed by atoms with van der Waals surface area (Å²) in [4.78, 5) is 4.95. The van der Waals surface area contributed by atoms with Crippen LogP contribution in [-0.2, 0) is 10.8 Å². The Bertz CT molecular complexity index is 2420. The number of anilines is 5. The molecule has 0 amide bonds. The van der Waals surface area contributed by atoms with Crippen molar-refractivity contribution in [2.75, 3.05) is 16.8 Å². The van der Waals surface area contributed by atoms with Crippen molar-refractivity contribution in [1.29, 1.82) is 0 Å². The number of nitrogens with zero attached hydrogens (tertiary/aromatic N) is 2. The van der Waals surface area contributed by atoms with Crippen LogP contribution >= 0.6 is 0 Å². The molecule has 55 heavy (non-hydrogen) atoms. The van der Waals surface area contributed by atoms with Gasteiger partial charge in [0.05, 0.1) is 0 Å². The van der Waals surface area contributed by atoms with E-state index >= 15 is 0 Å². The number of fused-ring (bicyclic) bond motifs is 4. The molecule has 2 heterocycles. The van der Waals surface area contributed by atoms with Crippen LogP contribution in [0.25, 0.3) is 0 Å². The van der Waals surface area contributed by atoms with E-state index in [0.717, 1.165) is 11.4 Å². The monoisotopic (exact) mass is 728 g/mol. The van der Waals surface area contributed by atoms with Gasteiger partial charge in [0.25, 0.3) is 0 Å². The second-order valence-corrected chi connectivity index (χ2v) is 21.2. The molecule has 7 aromatic rings. The van der Waals surface area contributed by atoms with E-state index in [0.29, 0.717) is 0 Å². The van der Waals surface area contributed by atoms with E-state index in [1.165, 1.54) is 65.3 Å². The molecule has 270 valence electrons. The Morgan fingerprint density at radius 1 is 0.455 bits per heavy atom. The zero-order chi connectivity index (χ0) is 38.1. The molecule has 0 spiro atoms. The first-order valence-electron chi connectivity index (χ1n) is 19.7. The lowest BCUT2D eigenvalue weighted by molar-refractivity contribution is 0.590. The van der Waals surface area contributed by atoms with Crippen molar-refractivity contribution in [2.45, 2.75) is 52.4 Å². The predicted octanol–water partition coefficient (Wildman–Crippen LogP) is 8.04. The number of para-hydroxylation sites is 1. The van der Waals surface area contributed by atoms with E-state index in [9.17, 15) is 0 Å². The molecule has 4 heteroatoms. The van der Waals surface area contributed by atoms with Gasteiger partial charge in [-0.2, -0.15) is 0 Å². The number of benzene rings is 7. The second kappa shape index (κ2) is 13.0. The summed E-state index contributed by atoms with van der Waals surface area (Å²) in [6.45, 7) is 13.9. The number of rotatable bonds is 5. The molecule has 0 aromatic heterocycles. The molecule has 9 rings (SSSR count). The van der Waals surface area contributed by atoms with Crippen LogP contribution in [0.4, 0.5) is 28.4 Å². The second-order valence-electron chi connectivity index (χ2n) is 17.5. The largest absolute Gasteiger partial charge is 0.345 e. The van der Waals surface area contributed by atoms with E-state index < -0.39 is 8.07 Å². The quantitative estimate of drug-likeness (QED) is 0.166. The highest BCUT2D eigenvalue weighted by Crippen LogP contribution is 2.40. The van der Waals surface area contributed by atoms with E-state index in [4.69, 9.17) is 0 Å². The minimum absolute atomic E-state index is 0.0583. The lowest BCUT2D eigenvalue weighted by atomic mass is 9.35. The molecule has 0 radical (unpaired) electrons. The van der Waals surface area contributed by atoms with Crippen molar-refractivity contribution in [3.8, 4) is 0 Å². The Labute approximate surface area is 329 Å². The summed E-state index contributed by atoms with van der Waals surface area (Å²) in [7, 11) is -0.615. The molecule has 0 saturated heterocycles. The topological polar surface area (TPSA) is 6.48 Å². The van der Waals surface area contributed by atoms with Crippen molar-refractivity contribution < 1.29 is 0 Å². The van der Waals surface area contributed by atoms with Crippen LogP contribution in [0, 0.1) is 0 Å². The maximum atomic E-state index is 2.59. The highest BCUT2D eigenvalue weighted by molar-refractivity contribution is 7.26. The molecule has 0 bridgehead atoms. The summed E-state index contributed by atoms with van der Waals surface area (Å²) in [6.07, 6.45) is 0. The lowest BCUT2D eigenvalue weighted by Crippen LogP contribution is -2.87. The average Bonchev–Trinajstić information content (AvgIpc) is 3.20. The highest BCUT2D eigenvalue weighted by Gasteiger charge is 2.52. The van der Waals surface area contributed by atoms with Crippen molar-refractivity contribution in [3.63, 3.8) is 0 Å². The van der Waals surface area contributed by atoms with Gasteiger partial charge in [0.15, 0.2) is 8.07 Å². The lowest BCUT2D eigenvalue weighted by Gasteiger charge is -2.47. The first-order chi connectivity index (χ1) is 26.5. The van der Waals surface area contributed by atoms with Gasteiger partial charge in [-0.3, -0.25) is 0 Å². The van der Waals surface area contributed by atoms with Crippen LogP contribution in [0.2, 0.25) is 0 Å². The molecular weight excluding hydrogens is 679 g/mol. The SMILES string of the molecule is CN1c2ccccc2B2c3ccccc3[Si](c3ccccc3)(c3ccccc3)c3cc(N(c4ccc(C(C)(C)C)cc4)c4ccc(C(C)(C)C)cc4)cc1c32. The summed E-state index contributed by atoms with van der Waals surface area (Å²) in [5.41, 5.74) is 13.0. The maximum absolute atomic E-state index is 2.88.